The van der Waals surface area contributed by atoms with Gasteiger partial charge in [0.1, 0.15) is 0 Å². The number of nitrogens with two attached hydrogens (primary N) is 1. The predicted molar refractivity (Wildman–Crippen MR) is 76.3 cm³/mol. The molecule has 2 rings (SSSR count). The molecule has 1 fully saturated rings. The third-order valence-corrected chi connectivity index (χ3v) is 3.76. The van der Waals surface area contributed by atoms with E-state index in [-0.39, 0.29) is 29.9 Å². The van der Waals surface area contributed by atoms with Crippen molar-refractivity contribution in [2.75, 3.05) is 6.54 Å². The molecule has 1 saturated carbocycles. The van der Waals surface area contributed by atoms with Crippen LogP contribution in [0.5, 0.6) is 0 Å². The molecule has 1 aromatic carbocycles. The summed E-state index contributed by atoms with van der Waals surface area (Å²) in [6, 6.07) is 4.69. The molecule has 3 nitrogen and oxygen atoms in total. The molecule has 2 unspecified atom stereocenters. The van der Waals surface area contributed by atoms with E-state index in [0.717, 1.165) is 25.3 Å². The molecule has 0 saturated heterocycles. The molecule has 0 bridgehead atoms. The zero-order valence-electron chi connectivity index (χ0n) is 11.3. The highest BCUT2D eigenvalue weighted by Gasteiger charge is 2.36. The van der Waals surface area contributed by atoms with Gasteiger partial charge < -0.3 is 11.1 Å². The Morgan fingerprint density at radius 3 is 2.57 bits per heavy atom. The van der Waals surface area contributed by atoms with E-state index < -0.39 is 17.6 Å². The van der Waals surface area contributed by atoms with Gasteiger partial charge in [0.05, 0.1) is 11.1 Å². The van der Waals surface area contributed by atoms with Gasteiger partial charge >= 0.3 is 6.18 Å². The van der Waals surface area contributed by atoms with Gasteiger partial charge in [0, 0.05) is 6.04 Å². The van der Waals surface area contributed by atoms with E-state index >= 15 is 0 Å². The van der Waals surface area contributed by atoms with E-state index in [4.69, 9.17) is 5.73 Å². The first-order valence-electron chi connectivity index (χ1n) is 6.60. The number of hydrogen-bond donors (Lipinski definition) is 2. The first-order valence-corrected chi connectivity index (χ1v) is 6.60. The normalized spacial score (nSPS) is 21.7. The Bertz CT molecular complexity index is 493. The van der Waals surface area contributed by atoms with Crippen LogP contribution in [0.3, 0.4) is 0 Å². The van der Waals surface area contributed by atoms with Gasteiger partial charge in [0.15, 0.2) is 0 Å². The van der Waals surface area contributed by atoms with Gasteiger partial charge in [0.25, 0.3) is 5.91 Å². The Morgan fingerprint density at radius 2 is 1.95 bits per heavy atom. The largest absolute Gasteiger partial charge is 0.417 e. The van der Waals surface area contributed by atoms with Gasteiger partial charge in [-0.05, 0) is 37.4 Å². The van der Waals surface area contributed by atoms with Crippen LogP contribution in [0, 0.1) is 5.92 Å². The fourth-order valence-corrected chi connectivity index (χ4v) is 2.68. The van der Waals surface area contributed by atoms with Crippen molar-refractivity contribution < 1.29 is 18.0 Å². The first-order chi connectivity index (χ1) is 9.43. The lowest BCUT2D eigenvalue weighted by Gasteiger charge is -2.20. The molecule has 7 heteroatoms. The van der Waals surface area contributed by atoms with Crippen LogP contribution in [0.25, 0.3) is 0 Å². The van der Waals surface area contributed by atoms with Crippen LogP contribution in [0.15, 0.2) is 24.3 Å². The van der Waals surface area contributed by atoms with Gasteiger partial charge in [-0.1, -0.05) is 18.6 Å². The summed E-state index contributed by atoms with van der Waals surface area (Å²) >= 11 is 0. The Balaban J connectivity index is 0.00000220. The fourth-order valence-electron chi connectivity index (χ4n) is 2.68. The molecular weight excluding hydrogens is 305 g/mol. The van der Waals surface area contributed by atoms with Gasteiger partial charge in [-0.25, -0.2) is 0 Å². The molecular formula is C14H18ClF3N2O. The molecule has 1 aliphatic carbocycles. The van der Waals surface area contributed by atoms with Crippen molar-refractivity contribution >= 4 is 18.3 Å². The number of halogens is 4. The second-order valence-corrected chi connectivity index (χ2v) is 5.05. The average Bonchev–Trinajstić information content (AvgIpc) is 2.85. The number of carbonyl (C=O) groups excluding carboxylic acids is 1. The van der Waals surface area contributed by atoms with Crippen LogP contribution in [0.1, 0.15) is 35.2 Å². The third-order valence-electron chi connectivity index (χ3n) is 3.76. The molecule has 1 amide bonds. The Hall–Kier alpha value is -1.27. The molecule has 0 aromatic heterocycles. The summed E-state index contributed by atoms with van der Waals surface area (Å²) < 4.78 is 38.6. The molecule has 2 atom stereocenters. The summed E-state index contributed by atoms with van der Waals surface area (Å²) in [5.74, 6) is -0.528. The van der Waals surface area contributed by atoms with Crippen molar-refractivity contribution in [2.45, 2.75) is 31.5 Å². The molecule has 21 heavy (non-hydrogen) atoms. The zero-order valence-corrected chi connectivity index (χ0v) is 12.1. The topological polar surface area (TPSA) is 55.1 Å². The molecule has 0 radical (unpaired) electrons. The smallest absolute Gasteiger partial charge is 0.349 e. The average molecular weight is 323 g/mol. The molecule has 3 N–H and O–H groups in total. The maximum absolute atomic E-state index is 12.9. The van der Waals surface area contributed by atoms with Gasteiger partial charge in [0.2, 0.25) is 0 Å². The van der Waals surface area contributed by atoms with Crippen LogP contribution >= 0.6 is 12.4 Å². The van der Waals surface area contributed by atoms with E-state index in [1.165, 1.54) is 18.2 Å². The van der Waals surface area contributed by atoms with Gasteiger partial charge in [-0.2, -0.15) is 13.2 Å². The number of hydrogen-bond acceptors (Lipinski definition) is 2. The summed E-state index contributed by atoms with van der Waals surface area (Å²) in [7, 11) is 0. The molecule has 1 aromatic rings. The van der Waals surface area contributed by atoms with Crippen LogP contribution < -0.4 is 11.1 Å². The van der Waals surface area contributed by atoms with Crippen LogP contribution in [-0.4, -0.2) is 18.5 Å². The fraction of sp³-hybridized carbons (Fsp3) is 0.500. The second-order valence-electron chi connectivity index (χ2n) is 5.05. The van der Waals surface area contributed by atoms with E-state index in [1.54, 1.807) is 0 Å². The summed E-state index contributed by atoms with van der Waals surface area (Å²) in [5.41, 5.74) is 4.37. The number of carbonyl (C=O) groups is 1. The standard InChI is InChI=1S/C14H17F3N2O.ClH/c15-14(16,17)11-6-2-1-5-10(11)13(20)19-12-7-3-4-9(12)8-18;/h1-2,5-6,9,12H,3-4,7-8,18H2,(H,19,20);1H. The van der Waals surface area contributed by atoms with Crippen LogP contribution in [0.2, 0.25) is 0 Å². The summed E-state index contributed by atoms with van der Waals surface area (Å²) in [6.45, 7) is 0.436. The van der Waals surface area contributed by atoms with Crippen molar-refractivity contribution in [1.29, 1.82) is 0 Å². The van der Waals surface area contributed by atoms with Crippen molar-refractivity contribution in [3.8, 4) is 0 Å². The number of nitrogens with one attached hydrogen (secondary N) is 1. The minimum Gasteiger partial charge on any atom is -0.349 e. The molecule has 0 aliphatic heterocycles. The minimum absolute atomic E-state index is 0. The Labute approximate surface area is 127 Å². The van der Waals surface area contributed by atoms with Gasteiger partial charge in [-0.15, -0.1) is 12.4 Å². The SMILES string of the molecule is Cl.NCC1CCCC1NC(=O)c1ccccc1C(F)(F)F. The van der Waals surface area contributed by atoms with Crippen molar-refractivity contribution in [3.63, 3.8) is 0 Å². The van der Waals surface area contributed by atoms with Crippen molar-refractivity contribution in [1.82, 2.24) is 5.32 Å². The highest BCUT2D eigenvalue weighted by molar-refractivity contribution is 5.96. The molecule has 0 heterocycles. The first kappa shape index (κ1) is 17.8. The number of amides is 1. The van der Waals surface area contributed by atoms with Crippen molar-refractivity contribution in [2.24, 2.45) is 11.7 Å². The van der Waals surface area contributed by atoms with Crippen molar-refractivity contribution in [3.05, 3.63) is 35.4 Å². The maximum Gasteiger partial charge on any atom is 0.417 e. The van der Waals surface area contributed by atoms with Crippen LogP contribution in [0.4, 0.5) is 13.2 Å². The minimum atomic E-state index is -4.53. The summed E-state index contributed by atoms with van der Waals surface area (Å²) in [5, 5.41) is 2.69. The molecule has 1 aliphatic rings. The van der Waals surface area contributed by atoms with E-state index in [2.05, 4.69) is 5.32 Å². The highest BCUT2D eigenvalue weighted by atomic mass is 35.5. The third kappa shape index (κ3) is 4.11. The lowest BCUT2D eigenvalue weighted by atomic mass is 10.0. The van der Waals surface area contributed by atoms with Crippen LogP contribution in [-0.2, 0) is 6.18 Å². The molecule has 0 spiro atoms. The number of benzene rings is 1. The predicted octanol–water partition coefficient (Wildman–Crippen LogP) is 2.98. The second kappa shape index (κ2) is 7.13. The number of alkyl halides is 3. The monoisotopic (exact) mass is 322 g/mol. The van der Waals surface area contributed by atoms with Gasteiger partial charge in [-0.3, -0.25) is 4.79 Å². The maximum atomic E-state index is 12.9. The quantitative estimate of drug-likeness (QED) is 0.899. The Morgan fingerprint density at radius 1 is 1.29 bits per heavy atom. The lowest BCUT2D eigenvalue weighted by molar-refractivity contribution is -0.137. The zero-order chi connectivity index (χ0) is 14.8. The van der Waals surface area contributed by atoms with E-state index in [0.29, 0.717) is 6.54 Å². The number of rotatable bonds is 3. The summed E-state index contributed by atoms with van der Waals surface area (Å²) in [4.78, 5) is 12.1. The highest BCUT2D eigenvalue weighted by Crippen LogP contribution is 2.32. The van der Waals surface area contributed by atoms with E-state index in [1.807, 2.05) is 0 Å². The molecule has 118 valence electrons. The summed E-state index contributed by atoms with van der Waals surface area (Å²) in [6.07, 6.45) is -1.92. The lowest BCUT2D eigenvalue weighted by Crippen LogP contribution is -2.40. The van der Waals surface area contributed by atoms with E-state index in [9.17, 15) is 18.0 Å². The Kier molecular flexibility index (Phi) is 6.04.